The molecule has 4 N–H and O–H groups in total. The summed E-state index contributed by atoms with van der Waals surface area (Å²) in [6.45, 7) is 0. The topological polar surface area (TPSA) is 92.4 Å². The molecule has 0 aromatic carbocycles. The van der Waals surface area contributed by atoms with Crippen LogP contribution in [-0.4, -0.2) is 17.0 Å². The second-order valence-corrected chi connectivity index (χ2v) is 2.34. The Morgan fingerprint density at radius 2 is 2.00 bits per heavy atom. The van der Waals surface area contributed by atoms with E-state index >= 15 is 0 Å². The van der Waals surface area contributed by atoms with Crippen molar-refractivity contribution in [2.75, 3.05) is 0 Å². The smallest absolute Gasteiger partial charge is 0.331 e. The number of nitrogens with one attached hydrogen (secondary N) is 1. The van der Waals surface area contributed by atoms with E-state index in [4.69, 9.17) is 10.9 Å². The molecule has 5 heteroatoms. The normalized spacial score (nSPS) is 15.1. The number of nitrogens with two attached hydrogens (primary N) is 1. The summed E-state index contributed by atoms with van der Waals surface area (Å²) in [6.07, 6.45) is 2.98. The van der Waals surface area contributed by atoms with Gasteiger partial charge in [-0.2, -0.15) is 0 Å². The van der Waals surface area contributed by atoms with Gasteiger partial charge in [-0.25, -0.2) is 10.6 Å². The monoisotopic (exact) mass is 168 g/mol. The lowest BCUT2D eigenvalue weighted by Crippen LogP contribution is -2.31. The predicted molar refractivity (Wildman–Crippen MR) is 40.7 cm³/mol. The van der Waals surface area contributed by atoms with Gasteiger partial charge < -0.3 is 5.11 Å². The average molecular weight is 168 g/mol. The lowest BCUT2D eigenvalue weighted by Gasteiger charge is -1.99. The Morgan fingerprint density at radius 1 is 1.42 bits per heavy atom. The van der Waals surface area contributed by atoms with Gasteiger partial charge in [0.05, 0.1) is 0 Å². The highest BCUT2D eigenvalue weighted by Gasteiger charge is 2.18. The number of carboxylic acids is 1. The third kappa shape index (κ3) is 1.51. The second-order valence-electron chi connectivity index (χ2n) is 2.34. The molecule has 1 rings (SSSR count). The van der Waals surface area contributed by atoms with Gasteiger partial charge in [0.1, 0.15) is 0 Å². The minimum absolute atomic E-state index is 0.137. The van der Waals surface area contributed by atoms with Gasteiger partial charge in [-0.05, 0) is 0 Å². The van der Waals surface area contributed by atoms with E-state index in [-0.39, 0.29) is 12.0 Å². The van der Waals surface area contributed by atoms with Crippen molar-refractivity contribution in [1.29, 1.82) is 0 Å². The molecule has 1 aliphatic rings. The van der Waals surface area contributed by atoms with Crippen LogP contribution in [0.5, 0.6) is 0 Å². The van der Waals surface area contributed by atoms with E-state index in [9.17, 15) is 9.59 Å². The molecule has 0 bridgehead atoms. The van der Waals surface area contributed by atoms with Crippen LogP contribution in [-0.2, 0) is 9.59 Å². The van der Waals surface area contributed by atoms with Crippen LogP contribution in [0.4, 0.5) is 0 Å². The molecule has 0 aliphatic heterocycles. The Hall–Kier alpha value is -1.62. The van der Waals surface area contributed by atoms with E-state index < -0.39 is 11.9 Å². The molecule has 1 amide bonds. The molecule has 0 heterocycles. The van der Waals surface area contributed by atoms with Crippen molar-refractivity contribution in [2.45, 2.75) is 6.42 Å². The molecule has 0 unspecified atom stereocenters. The minimum atomic E-state index is -1.01. The van der Waals surface area contributed by atoms with Crippen LogP contribution < -0.4 is 11.3 Å². The van der Waals surface area contributed by atoms with E-state index in [2.05, 4.69) is 0 Å². The van der Waals surface area contributed by atoms with Crippen molar-refractivity contribution in [3.8, 4) is 0 Å². The van der Waals surface area contributed by atoms with Crippen LogP contribution in [0.1, 0.15) is 6.42 Å². The number of amides is 1. The first-order valence-electron chi connectivity index (χ1n) is 3.29. The number of allylic oxidation sites excluding steroid dienone is 2. The van der Waals surface area contributed by atoms with Crippen molar-refractivity contribution < 1.29 is 14.7 Å². The van der Waals surface area contributed by atoms with Gasteiger partial charge in [-0.3, -0.25) is 10.2 Å². The van der Waals surface area contributed by atoms with Crippen LogP contribution in [0.3, 0.4) is 0 Å². The first-order valence-corrected chi connectivity index (χ1v) is 3.29. The highest BCUT2D eigenvalue weighted by atomic mass is 16.4. The largest absolute Gasteiger partial charge is 0.478 e. The van der Waals surface area contributed by atoms with Gasteiger partial charge in [-0.15, -0.1) is 0 Å². The molecule has 0 radical (unpaired) electrons. The summed E-state index contributed by atoms with van der Waals surface area (Å²) in [4.78, 5) is 21.2. The van der Waals surface area contributed by atoms with Gasteiger partial charge in [-0.1, -0.05) is 12.2 Å². The van der Waals surface area contributed by atoms with Gasteiger partial charge in [0, 0.05) is 17.6 Å². The Kier molecular flexibility index (Phi) is 2.25. The first-order chi connectivity index (χ1) is 5.65. The summed E-state index contributed by atoms with van der Waals surface area (Å²) in [7, 11) is 0. The quantitative estimate of drug-likeness (QED) is 0.289. The lowest BCUT2D eigenvalue weighted by atomic mass is 10.1. The predicted octanol–water partition coefficient (Wildman–Crippen LogP) is -0.683. The van der Waals surface area contributed by atoms with Crippen LogP contribution >= 0.6 is 0 Å². The van der Waals surface area contributed by atoms with Crippen molar-refractivity contribution in [3.63, 3.8) is 0 Å². The van der Waals surface area contributed by atoms with Gasteiger partial charge in [0.15, 0.2) is 0 Å². The number of carboxylic acid groups (broad SMARTS) is 1. The van der Waals surface area contributed by atoms with Gasteiger partial charge in [0.25, 0.3) is 5.91 Å². The molecule has 5 nitrogen and oxygen atoms in total. The van der Waals surface area contributed by atoms with Crippen LogP contribution in [0.2, 0.25) is 0 Å². The summed E-state index contributed by atoms with van der Waals surface area (Å²) in [5.74, 6) is 3.41. The number of hydrazine groups is 1. The number of aliphatic carboxylic acids is 1. The zero-order valence-corrected chi connectivity index (χ0v) is 6.20. The highest BCUT2D eigenvalue weighted by molar-refractivity contribution is 5.99. The standard InChI is InChI=1S/C7H8N2O3/c8-9-6(10)4-1-2-5(3-4)7(11)12/h1-2H,3,8H2,(H,9,10)(H,11,12). The molecule has 12 heavy (non-hydrogen) atoms. The average Bonchev–Trinajstić information content (AvgIpc) is 2.51. The van der Waals surface area contributed by atoms with E-state index in [1.54, 1.807) is 0 Å². The van der Waals surface area contributed by atoms with E-state index in [0.29, 0.717) is 5.57 Å². The summed E-state index contributed by atoms with van der Waals surface area (Å²) in [5, 5.41) is 8.52. The SMILES string of the molecule is NNC(=O)C1=CC=C(C(=O)O)C1. The number of carbonyl (C=O) groups excluding carboxylic acids is 1. The third-order valence-corrected chi connectivity index (χ3v) is 1.56. The molecule has 1 aliphatic carbocycles. The molecular weight excluding hydrogens is 160 g/mol. The molecule has 0 saturated heterocycles. The highest BCUT2D eigenvalue weighted by Crippen LogP contribution is 2.18. The summed E-state index contributed by atoms with van der Waals surface area (Å²) in [6, 6.07) is 0. The van der Waals surface area contributed by atoms with Crippen molar-refractivity contribution in [1.82, 2.24) is 5.43 Å². The number of carbonyl (C=O) groups is 2. The lowest BCUT2D eigenvalue weighted by molar-refractivity contribution is -0.132. The van der Waals surface area contributed by atoms with Crippen molar-refractivity contribution >= 4 is 11.9 Å². The number of rotatable bonds is 2. The van der Waals surface area contributed by atoms with E-state index in [1.165, 1.54) is 12.2 Å². The summed E-state index contributed by atoms with van der Waals surface area (Å²) in [5.41, 5.74) is 2.51. The molecule has 0 aromatic rings. The van der Waals surface area contributed by atoms with Gasteiger partial charge in [0.2, 0.25) is 0 Å². The van der Waals surface area contributed by atoms with E-state index in [1.807, 2.05) is 5.43 Å². The number of hydrogen-bond acceptors (Lipinski definition) is 3. The second kappa shape index (κ2) is 3.19. The van der Waals surface area contributed by atoms with Gasteiger partial charge >= 0.3 is 5.97 Å². The maximum absolute atomic E-state index is 10.9. The Bertz CT molecular complexity index is 291. The zero-order valence-electron chi connectivity index (χ0n) is 6.20. The van der Waals surface area contributed by atoms with E-state index in [0.717, 1.165) is 0 Å². The molecule has 0 fully saturated rings. The molecule has 0 saturated carbocycles. The first kappa shape index (κ1) is 8.48. The molecule has 0 atom stereocenters. The molecular formula is C7H8N2O3. The van der Waals surface area contributed by atoms with Crippen LogP contribution in [0.15, 0.2) is 23.3 Å². The summed E-state index contributed by atoms with van der Waals surface area (Å²) < 4.78 is 0. The molecule has 64 valence electrons. The fourth-order valence-electron chi connectivity index (χ4n) is 0.920. The molecule has 0 spiro atoms. The third-order valence-electron chi connectivity index (χ3n) is 1.56. The Labute approximate surface area is 68.5 Å². The minimum Gasteiger partial charge on any atom is -0.478 e. The Morgan fingerprint density at radius 3 is 2.42 bits per heavy atom. The van der Waals surface area contributed by atoms with Crippen molar-refractivity contribution in [2.24, 2.45) is 5.84 Å². The summed E-state index contributed by atoms with van der Waals surface area (Å²) >= 11 is 0. The maximum Gasteiger partial charge on any atom is 0.331 e. The molecule has 0 aromatic heterocycles. The van der Waals surface area contributed by atoms with Crippen LogP contribution in [0.25, 0.3) is 0 Å². The fraction of sp³-hybridized carbons (Fsp3) is 0.143. The van der Waals surface area contributed by atoms with Crippen LogP contribution in [0, 0.1) is 0 Å². The van der Waals surface area contributed by atoms with Crippen molar-refractivity contribution in [3.05, 3.63) is 23.3 Å². The Balaban J connectivity index is 2.62. The zero-order chi connectivity index (χ0) is 9.14. The fourth-order valence-corrected chi connectivity index (χ4v) is 0.920. The number of hydrogen-bond donors (Lipinski definition) is 3. The maximum atomic E-state index is 10.9.